The van der Waals surface area contributed by atoms with Crippen LogP contribution in [0.25, 0.3) is 10.2 Å². The molecule has 0 unspecified atom stereocenters. The van der Waals surface area contributed by atoms with Crippen LogP contribution in [-0.4, -0.2) is 40.3 Å². The van der Waals surface area contributed by atoms with Crippen molar-refractivity contribution in [3.8, 4) is 0 Å². The molecule has 130 valence electrons. The largest absolute Gasteiger partial charge is 0.356 e. The summed E-state index contributed by atoms with van der Waals surface area (Å²) in [5.41, 5.74) is 1.25. The third-order valence-electron chi connectivity index (χ3n) is 4.54. The molecule has 2 aromatic heterocycles. The Morgan fingerprint density at radius 1 is 1.38 bits per heavy atom. The molecule has 0 spiro atoms. The number of carbonyl (C=O) groups is 1. The third kappa shape index (κ3) is 3.60. The lowest BCUT2D eigenvalue weighted by Crippen LogP contribution is -2.41. The summed E-state index contributed by atoms with van der Waals surface area (Å²) >= 11 is 13.0. The maximum Gasteiger partial charge on any atom is 0.223 e. The Balaban J connectivity index is 1.70. The summed E-state index contributed by atoms with van der Waals surface area (Å²) in [5.74, 6) is 1.04. The molecule has 1 N–H and O–H groups in total. The second-order valence-corrected chi connectivity index (χ2v) is 8.54. The van der Waals surface area contributed by atoms with Crippen molar-refractivity contribution in [1.82, 2.24) is 15.3 Å². The number of halogens is 2. The summed E-state index contributed by atoms with van der Waals surface area (Å²) in [4.78, 5) is 25.1. The number of anilines is 1. The van der Waals surface area contributed by atoms with Crippen molar-refractivity contribution in [3.05, 3.63) is 16.8 Å². The van der Waals surface area contributed by atoms with E-state index in [1.165, 1.54) is 10.4 Å². The van der Waals surface area contributed by atoms with Gasteiger partial charge in [0.1, 0.15) is 21.8 Å². The molecule has 0 radical (unpaired) electrons. The number of rotatable bonds is 4. The fourth-order valence-corrected chi connectivity index (χ4v) is 4.22. The minimum absolute atomic E-state index is 0.0102. The first-order valence-corrected chi connectivity index (χ1v) is 9.67. The van der Waals surface area contributed by atoms with Gasteiger partial charge in [0.2, 0.25) is 5.91 Å². The van der Waals surface area contributed by atoms with E-state index >= 15 is 0 Å². The van der Waals surface area contributed by atoms with E-state index in [-0.39, 0.29) is 11.8 Å². The van der Waals surface area contributed by atoms with E-state index in [0.29, 0.717) is 6.54 Å². The summed E-state index contributed by atoms with van der Waals surface area (Å²) in [6.45, 7) is 6.15. The van der Waals surface area contributed by atoms with Crippen molar-refractivity contribution in [2.75, 3.05) is 24.5 Å². The van der Waals surface area contributed by atoms with Gasteiger partial charge in [-0.05, 0) is 32.3 Å². The Bertz CT molecular complexity index is 741. The van der Waals surface area contributed by atoms with Gasteiger partial charge in [0, 0.05) is 30.4 Å². The second kappa shape index (κ2) is 7.42. The lowest BCUT2D eigenvalue weighted by molar-refractivity contribution is -0.125. The number of fused-ring (bicyclic) bond motifs is 1. The molecule has 2 aromatic rings. The predicted molar refractivity (Wildman–Crippen MR) is 100 cm³/mol. The Morgan fingerprint density at radius 2 is 2.08 bits per heavy atom. The summed E-state index contributed by atoms with van der Waals surface area (Å²) in [6, 6.07) is 0. The number of carbonyl (C=O) groups excluding carboxylic acids is 1. The summed E-state index contributed by atoms with van der Waals surface area (Å²) in [6.07, 6.45) is 3.23. The molecular formula is C16H20Cl2N4OS. The molecule has 1 aliphatic heterocycles. The van der Waals surface area contributed by atoms with E-state index < -0.39 is 4.84 Å². The molecule has 0 atom stereocenters. The van der Waals surface area contributed by atoms with Gasteiger partial charge in [0.05, 0.1) is 5.39 Å². The van der Waals surface area contributed by atoms with E-state index in [1.54, 1.807) is 17.7 Å². The van der Waals surface area contributed by atoms with Crippen molar-refractivity contribution in [2.24, 2.45) is 5.92 Å². The quantitative estimate of drug-likeness (QED) is 0.817. The lowest BCUT2D eigenvalue weighted by Gasteiger charge is -2.32. The van der Waals surface area contributed by atoms with Crippen molar-refractivity contribution >= 4 is 56.5 Å². The van der Waals surface area contributed by atoms with Crippen LogP contribution in [0.15, 0.2) is 6.33 Å². The predicted octanol–water partition coefficient (Wildman–Crippen LogP) is 3.44. The van der Waals surface area contributed by atoms with Crippen LogP contribution in [0.5, 0.6) is 0 Å². The highest BCUT2D eigenvalue weighted by Gasteiger charge is 2.27. The maximum absolute atomic E-state index is 12.1. The van der Waals surface area contributed by atoms with Crippen LogP contribution < -0.4 is 10.2 Å². The van der Waals surface area contributed by atoms with Gasteiger partial charge in [-0.3, -0.25) is 4.79 Å². The zero-order valence-corrected chi connectivity index (χ0v) is 16.0. The molecule has 1 aliphatic rings. The molecule has 0 bridgehead atoms. The summed E-state index contributed by atoms with van der Waals surface area (Å²) < 4.78 is 0. The molecule has 24 heavy (non-hydrogen) atoms. The number of hydrogen-bond acceptors (Lipinski definition) is 5. The zero-order valence-electron chi connectivity index (χ0n) is 13.7. The normalized spacial score (nSPS) is 16.1. The maximum atomic E-state index is 12.1. The van der Waals surface area contributed by atoms with Crippen molar-refractivity contribution in [1.29, 1.82) is 0 Å². The molecule has 0 aliphatic carbocycles. The summed E-state index contributed by atoms with van der Waals surface area (Å²) in [7, 11) is 0. The molecule has 1 saturated heterocycles. The molecule has 0 saturated carbocycles. The molecule has 0 aromatic carbocycles. The van der Waals surface area contributed by atoms with Crippen molar-refractivity contribution in [2.45, 2.75) is 31.5 Å². The highest BCUT2D eigenvalue weighted by atomic mass is 35.5. The van der Waals surface area contributed by atoms with Gasteiger partial charge in [-0.2, -0.15) is 0 Å². The topological polar surface area (TPSA) is 58.1 Å². The van der Waals surface area contributed by atoms with E-state index in [9.17, 15) is 4.79 Å². The highest BCUT2D eigenvalue weighted by Crippen LogP contribution is 2.35. The smallest absolute Gasteiger partial charge is 0.223 e. The van der Waals surface area contributed by atoms with E-state index in [2.05, 4.69) is 34.0 Å². The average molecular weight is 387 g/mol. The van der Waals surface area contributed by atoms with Crippen molar-refractivity contribution in [3.63, 3.8) is 0 Å². The average Bonchev–Trinajstić information content (AvgIpc) is 2.87. The van der Waals surface area contributed by atoms with Gasteiger partial charge in [0.15, 0.2) is 0 Å². The molecule has 8 heteroatoms. The lowest BCUT2D eigenvalue weighted by atomic mass is 9.95. The van der Waals surface area contributed by atoms with Crippen LogP contribution in [0.4, 0.5) is 5.82 Å². The monoisotopic (exact) mass is 386 g/mol. The number of aromatic nitrogens is 2. The second-order valence-electron chi connectivity index (χ2n) is 6.06. The van der Waals surface area contributed by atoms with Crippen LogP contribution in [0.1, 0.15) is 23.3 Å². The Labute approximate surface area is 155 Å². The molecule has 3 rings (SSSR count). The minimum Gasteiger partial charge on any atom is -0.356 e. The third-order valence-corrected chi connectivity index (χ3v) is 5.97. The number of nitrogens with one attached hydrogen (secondary N) is 1. The first kappa shape index (κ1) is 17.7. The van der Waals surface area contributed by atoms with Gasteiger partial charge in [-0.25, -0.2) is 9.97 Å². The van der Waals surface area contributed by atoms with Gasteiger partial charge in [-0.15, -0.1) is 34.5 Å². The van der Waals surface area contributed by atoms with Crippen LogP contribution in [-0.2, 0) is 4.79 Å². The Morgan fingerprint density at radius 3 is 2.75 bits per heavy atom. The van der Waals surface area contributed by atoms with Gasteiger partial charge in [0.25, 0.3) is 0 Å². The highest BCUT2D eigenvalue weighted by molar-refractivity contribution is 7.18. The molecule has 1 amide bonds. The van der Waals surface area contributed by atoms with Gasteiger partial charge < -0.3 is 10.2 Å². The standard InChI is InChI=1S/C16H20Cl2N4OS/c1-9-10(2)24-16-13(9)14(20-8-21-16)22-5-3-11(4-6-22)15(23)19-7-12(17)18/h8,11-12H,3-7H2,1-2H3,(H,19,23). The van der Waals surface area contributed by atoms with Gasteiger partial charge in [-0.1, -0.05) is 0 Å². The number of aryl methyl sites for hydroxylation is 2. The van der Waals surface area contributed by atoms with Crippen LogP contribution in [0.3, 0.4) is 0 Å². The SMILES string of the molecule is Cc1sc2ncnc(N3CCC(C(=O)NCC(Cl)Cl)CC3)c2c1C. The zero-order chi connectivity index (χ0) is 17.3. The minimum atomic E-state index is -0.562. The van der Waals surface area contributed by atoms with Gasteiger partial charge >= 0.3 is 0 Å². The molecule has 1 fully saturated rings. The molecule has 3 heterocycles. The Hall–Kier alpha value is -1.11. The van der Waals surface area contributed by atoms with E-state index in [1.807, 2.05) is 0 Å². The number of thiophene rings is 1. The van der Waals surface area contributed by atoms with Crippen LogP contribution >= 0.6 is 34.5 Å². The number of hydrogen-bond donors (Lipinski definition) is 1. The number of nitrogens with zero attached hydrogens (tertiary/aromatic N) is 3. The van der Waals surface area contributed by atoms with Crippen LogP contribution in [0.2, 0.25) is 0 Å². The Kier molecular flexibility index (Phi) is 5.47. The first-order chi connectivity index (χ1) is 11.5. The number of piperidine rings is 1. The van der Waals surface area contributed by atoms with E-state index in [4.69, 9.17) is 23.2 Å². The van der Waals surface area contributed by atoms with Crippen LogP contribution in [0, 0.1) is 19.8 Å². The fourth-order valence-electron chi connectivity index (χ4n) is 3.08. The van der Waals surface area contributed by atoms with E-state index in [0.717, 1.165) is 42.0 Å². The number of amides is 1. The molecule has 5 nitrogen and oxygen atoms in total. The molecular weight excluding hydrogens is 367 g/mol. The summed E-state index contributed by atoms with van der Waals surface area (Å²) in [5, 5.41) is 3.95. The first-order valence-electron chi connectivity index (χ1n) is 7.99. The fraction of sp³-hybridized carbons (Fsp3) is 0.562. The van der Waals surface area contributed by atoms with Crippen molar-refractivity contribution < 1.29 is 4.79 Å². The number of alkyl halides is 2.